The Hall–Kier alpha value is -2.32. The number of hydrogen-bond donors (Lipinski definition) is 2. The Morgan fingerprint density at radius 3 is 2.61 bits per heavy atom. The molecule has 0 bridgehead atoms. The molecule has 0 unspecified atom stereocenters. The SMILES string of the molecule is COC[C@H](N)[C@H]1CN(c2ccc3c(=O)n(N)c(=O)n(C4CC4)c3c2C)C[C@H]1C. The summed E-state index contributed by atoms with van der Waals surface area (Å²) in [6.45, 7) is 6.46. The van der Waals surface area contributed by atoms with E-state index in [4.69, 9.17) is 16.3 Å². The third kappa shape index (κ3) is 2.91. The first-order chi connectivity index (χ1) is 13.3. The summed E-state index contributed by atoms with van der Waals surface area (Å²) in [6.07, 6.45) is 1.87. The van der Waals surface area contributed by atoms with Crippen molar-refractivity contribution in [3.63, 3.8) is 0 Å². The predicted octanol–water partition coefficient (Wildman–Crippen LogP) is 0.566. The molecular formula is C20H29N5O3. The number of hydrogen-bond acceptors (Lipinski definition) is 6. The number of nitrogens with zero attached hydrogens (tertiary/aromatic N) is 3. The maximum absolute atomic E-state index is 12.7. The molecule has 2 heterocycles. The van der Waals surface area contributed by atoms with Gasteiger partial charge in [0.2, 0.25) is 0 Å². The Kier molecular flexibility index (Phi) is 4.71. The highest BCUT2D eigenvalue weighted by Gasteiger charge is 2.35. The third-order valence-corrected chi connectivity index (χ3v) is 6.34. The molecule has 0 amide bonds. The van der Waals surface area contributed by atoms with Gasteiger partial charge in [0, 0.05) is 38.0 Å². The van der Waals surface area contributed by atoms with Crippen LogP contribution < -0.4 is 27.7 Å². The Morgan fingerprint density at radius 2 is 1.96 bits per heavy atom. The zero-order chi connectivity index (χ0) is 20.2. The van der Waals surface area contributed by atoms with E-state index in [9.17, 15) is 9.59 Å². The van der Waals surface area contributed by atoms with Gasteiger partial charge in [0.05, 0.1) is 17.5 Å². The number of aryl methyl sites for hydroxylation is 1. The minimum absolute atomic E-state index is 0.0140. The van der Waals surface area contributed by atoms with Crippen molar-refractivity contribution in [2.75, 3.05) is 37.5 Å². The number of rotatable bonds is 5. The molecule has 2 aliphatic rings. The van der Waals surface area contributed by atoms with E-state index in [2.05, 4.69) is 11.8 Å². The molecule has 4 rings (SSSR count). The summed E-state index contributed by atoms with van der Waals surface area (Å²) < 4.78 is 7.69. The molecule has 4 N–H and O–H groups in total. The van der Waals surface area contributed by atoms with Gasteiger partial charge in [0.1, 0.15) is 0 Å². The van der Waals surface area contributed by atoms with Crippen LogP contribution in [0.15, 0.2) is 21.7 Å². The Balaban J connectivity index is 1.81. The maximum atomic E-state index is 12.7. The van der Waals surface area contributed by atoms with Crippen molar-refractivity contribution in [1.82, 2.24) is 9.24 Å². The quantitative estimate of drug-likeness (QED) is 0.726. The van der Waals surface area contributed by atoms with Gasteiger partial charge in [-0.15, -0.1) is 0 Å². The van der Waals surface area contributed by atoms with E-state index in [1.54, 1.807) is 17.7 Å². The van der Waals surface area contributed by atoms with E-state index < -0.39 is 11.2 Å². The fourth-order valence-electron chi connectivity index (χ4n) is 4.68. The zero-order valence-corrected chi connectivity index (χ0v) is 16.7. The number of ether oxygens (including phenoxy) is 1. The molecule has 1 aliphatic heterocycles. The van der Waals surface area contributed by atoms with Crippen molar-refractivity contribution < 1.29 is 4.74 Å². The topological polar surface area (TPSA) is 109 Å². The number of nitrogens with two attached hydrogens (primary N) is 2. The smallest absolute Gasteiger partial charge is 0.350 e. The predicted molar refractivity (Wildman–Crippen MR) is 110 cm³/mol. The zero-order valence-electron chi connectivity index (χ0n) is 16.7. The summed E-state index contributed by atoms with van der Waals surface area (Å²) in [4.78, 5) is 27.6. The number of nitrogen functional groups attached to an aromatic ring is 1. The highest BCUT2D eigenvalue weighted by Crippen LogP contribution is 2.38. The number of benzene rings is 1. The molecular weight excluding hydrogens is 358 g/mol. The molecule has 152 valence electrons. The number of anilines is 1. The summed E-state index contributed by atoms with van der Waals surface area (Å²) in [6, 6.07) is 3.88. The van der Waals surface area contributed by atoms with Crippen molar-refractivity contribution in [3.05, 3.63) is 38.5 Å². The van der Waals surface area contributed by atoms with Gasteiger partial charge in [-0.1, -0.05) is 6.92 Å². The van der Waals surface area contributed by atoms with Crippen LogP contribution in [-0.2, 0) is 4.74 Å². The number of fused-ring (bicyclic) bond motifs is 1. The summed E-state index contributed by atoms with van der Waals surface area (Å²) in [5.41, 5.74) is 8.16. The molecule has 1 aromatic heterocycles. The Bertz CT molecular complexity index is 1020. The van der Waals surface area contributed by atoms with E-state index in [1.807, 2.05) is 13.0 Å². The van der Waals surface area contributed by atoms with Gasteiger partial charge < -0.3 is 21.2 Å². The summed E-state index contributed by atoms with van der Waals surface area (Å²) in [5.74, 6) is 6.52. The van der Waals surface area contributed by atoms with Gasteiger partial charge in [-0.05, 0) is 49.3 Å². The van der Waals surface area contributed by atoms with Crippen LogP contribution in [0.2, 0.25) is 0 Å². The Labute approximate surface area is 163 Å². The lowest BCUT2D eigenvalue weighted by Gasteiger charge is -2.24. The molecule has 1 saturated carbocycles. The highest BCUT2D eigenvalue weighted by molar-refractivity contribution is 5.87. The molecule has 0 spiro atoms. The maximum Gasteiger partial charge on any atom is 0.350 e. The van der Waals surface area contributed by atoms with E-state index >= 15 is 0 Å². The van der Waals surface area contributed by atoms with Crippen LogP contribution in [0.3, 0.4) is 0 Å². The average Bonchev–Trinajstić information content (AvgIpc) is 3.42. The van der Waals surface area contributed by atoms with Crippen LogP contribution in [-0.4, -0.2) is 42.1 Å². The number of methoxy groups -OCH3 is 1. The van der Waals surface area contributed by atoms with E-state index in [-0.39, 0.29) is 12.1 Å². The second kappa shape index (κ2) is 6.93. The average molecular weight is 387 g/mol. The molecule has 1 aliphatic carbocycles. The first-order valence-electron chi connectivity index (χ1n) is 9.90. The van der Waals surface area contributed by atoms with Gasteiger partial charge in [0.15, 0.2) is 0 Å². The molecule has 28 heavy (non-hydrogen) atoms. The van der Waals surface area contributed by atoms with Crippen LogP contribution in [0.5, 0.6) is 0 Å². The third-order valence-electron chi connectivity index (χ3n) is 6.34. The molecule has 8 nitrogen and oxygen atoms in total. The lowest BCUT2D eigenvalue weighted by Crippen LogP contribution is -2.44. The minimum atomic E-state index is -0.443. The fraction of sp³-hybridized carbons (Fsp3) is 0.600. The van der Waals surface area contributed by atoms with E-state index in [0.717, 1.165) is 41.9 Å². The van der Waals surface area contributed by atoms with E-state index in [1.165, 1.54) is 0 Å². The van der Waals surface area contributed by atoms with Gasteiger partial charge >= 0.3 is 5.69 Å². The standard InChI is InChI=1S/C20H29N5O3/c1-11-8-23(9-15(11)16(21)10-28-3)17-7-6-14-18(12(17)2)24(13-4-5-13)20(27)25(22)19(14)26/h6-7,11,13,15-16H,4-5,8-10,21-22H2,1-3H3/t11-,15+,16+/m1/s1. The van der Waals surface area contributed by atoms with Crippen LogP contribution in [0.4, 0.5) is 5.69 Å². The minimum Gasteiger partial charge on any atom is -0.383 e. The van der Waals surface area contributed by atoms with Crippen LogP contribution in [0.25, 0.3) is 10.9 Å². The van der Waals surface area contributed by atoms with Crippen LogP contribution in [0.1, 0.15) is 31.4 Å². The van der Waals surface area contributed by atoms with Crippen molar-refractivity contribution in [2.24, 2.45) is 17.6 Å². The molecule has 2 fully saturated rings. The number of aromatic nitrogens is 2. The summed E-state index contributed by atoms with van der Waals surface area (Å²) >= 11 is 0. The first-order valence-corrected chi connectivity index (χ1v) is 9.90. The molecule has 1 aromatic carbocycles. The lowest BCUT2D eigenvalue weighted by atomic mass is 9.91. The van der Waals surface area contributed by atoms with Crippen molar-refractivity contribution >= 4 is 16.6 Å². The van der Waals surface area contributed by atoms with Crippen molar-refractivity contribution in [1.29, 1.82) is 0 Å². The largest absolute Gasteiger partial charge is 0.383 e. The molecule has 2 aromatic rings. The summed E-state index contributed by atoms with van der Waals surface area (Å²) in [7, 11) is 1.67. The van der Waals surface area contributed by atoms with Gasteiger partial charge in [-0.2, -0.15) is 4.68 Å². The van der Waals surface area contributed by atoms with Crippen LogP contribution >= 0.6 is 0 Å². The van der Waals surface area contributed by atoms with Gasteiger partial charge in [-0.25, -0.2) is 4.79 Å². The van der Waals surface area contributed by atoms with E-state index in [0.29, 0.717) is 29.3 Å². The molecule has 8 heteroatoms. The van der Waals surface area contributed by atoms with Gasteiger partial charge in [0.25, 0.3) is 5.56 Å². The molecule has 0 radical (unpaired) electrons. The van der Waals surface area contributed by atoms with Gasteiger partial charge in [-0.3, -0.25) is 9.36 Å². The summed E-state index contributed by atoms with van der Waals surface area (Å²) in [5, 5.41) is 0.495. The second-order valence-electron chi connectivity index (χ2n) is 8.33. The first kappa shape index (κ1) is 19.0. The second-order valence-corrected chi connectivity index (χ2v) is 8.33. The Morgan fingerprint density at radius 1 is 1.25 bits per heavy atom. The molecule has 1 saturated heterocycles. The molecule has 3 atom stereocenters. The van der Waals surface area contributed by atoms with Crippen molar-refractivity contribution in [2.45, 2.75) is 38.8 Å². The van der Waals surface area contributed by atoms with Crippen LogP contribution in [0, 0.1) is 18.8 Å². The monoisotopic (exact) mass is 387 g/mol. The van der Waals surface area contributed by atoms with Crippen molar-refractivity contribution in [3.8, 4) is 0 Å². The fourth-order valence-corrected chi connectivity index (χ4v) is 4.68. The highest BCUT2D eigenvalue weighted by atomic mass is 16.5. The normalized spacial score (nSPS) is 23.5. The lowest BCUT2D eigenvalue weighted by molar-refractivity contribution is 0.152.